The Kier molecular flexibility index (Phi) is 6.55. The number of carbonyl (C=O) groups excluding carboxylic acids is 2. The second-order valence-corrected chi connectivity index (χ2v) is 9.56. The van der Waals surface area contributed by atoms with Crippen LogP contribution in [0.4, 0.5) is 5.00 Å². The minimum Gasteiger partial charge on any atom is -0.465 e. The van der Waals surface area contributed by atoms with Gasteiger partial charge in [0.2, 0.25) is 0 Å². The molecule has 1 N–H and O–H groups in total. The number of anilines is 1. The number of aryl methyl sites for hydroxylation is 1. The molecule has 3 aromatic carbocycles. The topological polar surface area (TPSA) is 68.3 Å². The summed E-state index contributed by atoms with van der Waals surface area (Å²) in [4.78, 5) is 31.1. The van der Waals surface area contributed by atoms with Crippen molar-refractivity contribution in [2.45, 2.75) is 6.92 Å². The lowest BCUT2D eigenvalue weighted by atomic mass is 10.0. The summed E-state index contributed by atoms with van der Waals surface area (Å²) in [6.07, 6.45) is 0. The lowest BCUT2D eigenvalue weighted by Crippen LogP contribution is -2.15. The monoisotopic (exact) mass is 512 g/mol. The Morgan fingerprint density at radius 2 is 1.64 bits per heavy atom. The maximum absolute atomic E-state index is 13.6. The highest BCUT2D eigenvalue weighted by atomic mass is 35.5. The van der Waals surface area contributed by atoms with E-state index in [1.54, 1.807) is 18.2 Å². The van der Waals surface area contributed by atoms with Gasteiger partial charge in [0.1, 0.15) is 10.6 Å². The minimum atomic E-state index is -0.511. The maximum atomic E-state index is 13.6. The number of pyridine rings is 1. The molecular formula is C29H21ClN2O3S. The van der Waals surface area contributed by atoms with Gasteiger partial charge in [0.15, 0.2) is 0 Å². The Bertz CT molecular complexity index is 1590. The first-order chi connectivity index (χ1) is 17.4. The van der Waals surface area contributed by atoms with E-state index in [-0.39, 0.29) is 5.91 Å². The first-order valence-electron chi connectivity index (χ1n) is 11.2. The van der Waals surface area contributed by atoms with Crippen LogP contribution in [-0.2, 0) is 4.74 Å². The van der Waals surface area contributed by atoms with Gasteiger partial charge >= 0.3 is 5.97 Å². The fourth-order valence-electron chi connectivity index (χ4n) is 4.00. The van der Waals surface area contributed by atoms with E-state index in [0.717, 1.165) is 16.7 Å². The molecule has 0 spiro atoms. The molecule has 5 nitrogen and oxygen atoms in total. The molecule has 0 fully saturated rings. The van der Waals surface area contributed by atoms with Gasteiger partial charge in [0.25, 0.3) is 5.91 Å². The fraction of sp³-hybridized carbons (Fsp3) is 0.0690. The third-order valence-electron chi connectivity index (χ3n) is 5.87. The molecule has 0 unspecified atom stereocenters. The van der Waals surface area contributed by atoms with Gasteiger partial charge in [-0.2, -0.15) is 0 Å². The van der Waals surface area contributed by atoms with Gasteiger partial charge in [0, 0.05) is 26.9 Å². The average molecular weight is 513 g/mol. The van der Waals surface area contributed by atoms with Crippen molar-refractivity contribution in [3.63, 3.8) is 0 Å². The molecule has 0 aliphatic heterocycles. The van der Waals surface area contributed by atoms with Crippen LogP contribution >= 0.6 is 22.9 Å². The molecule has 5 aromatic rings. The van der Waals surface area contributed by atoms with Gasteiger partial charge < -0.3 is 10.1 Å². The minimum absolute atomic E-state index is 0.330. The molecule has 0 radical (unpaired) electrons. The lowest BCUT2D eigenvalue weighted by molar-refractivity contribution is 0.0603. The molecule has 0 bridgehead atoms. The van der Waals surface area contributed by atoms with Crippen LogP contribution in [0.2, 0.25) is 5.02 Å². The van der Waals surface area contributed by atoms with Crippen molar-refractivity contribution in [3.05, 3.63) is 106 Å². The van der Waals surface area contributed by atoms with Crippen molar-refractivity contribution in [3.8, 4) is 22.4 Å². The number of aromatic nitrogens is 1. The van der Waals surface area contributed by atoms with Crippen LogP contribution in [0, 0.1) is 6.92 Å². The number of fused-ring (bicyclic) bond motifs is 1. The Morgan fingerprint density at radius 1 is 0.944 bits per heavy atom. The molecule has 5 rings (SSSR count). The number of carbonyl (C=O) groups is 2. The van der Waals surface area contributed by atoms with E-state index in [1.165, 1.54) is 18.4 Å². The Labute approximate surface area is 217 Å². The van der Waals surface area contributed by atoms with Gasteiger partial charge in [-0.15, -0.1) is 11.3 Å². The lowest BCUT2D eigenvalue weighted by Gasteiger charge is -2.11. The molecular weight excluding hydrogens is 492 g/mol. The van der Waals surface area contributed by atoms with E-state index >= 15 is 0 Å². The molecule has 0 aliphatic carbocycles. The summed E-state index contributed by atoms with van der Waals surface area (Å²) in [7, 11) is 1.33. The van der Waals surface area contributed by atoms with E-state index in [4.69, 9.17) is 21.3 Å². The fourth-order valence-corrected chi connectivity index (χ4v) is 5.08. The summed E-state index contributed by atoms with van der Waals surface area (Å²) in [5.74, 6) is -0.852. The zero-order valence-corrected chi connectivity index (χ0v) is 21.1. The Morgan fingerprint density at radius 3 is 2.36 bits per heavy atom. The summed E-state index contributed by atoms with van der Waals surface area (Å²) in [6, 6.07) is 24.4. The molecule has 36 heavy (non-hydrogen) atoms. The normalized spacial score (nSPS) is 10.9. The third kappa shape index (κ3) is 4.61. The summed E-state index contributed by atoms with van der Waals surface area (Å²) in [5, 5.41) is 6.57. The number of methoxy groups -OCH3 is 1. The summed E-state index contributed by atoms with van der Waals surface area (Å²) in [5.41, 5.74) is 5.66. The molecule has 0 atom stereocenters. The third-order valence-corrected chi connectivity index (χ3v) is 7.02. The number of nitrogens with one attached hydrogen (secondary N) is 1. The molecule has 7 heteroatoms. The highest BCUT2D eigenvalue weighted by Crippen LogP contribution is 2.37. The first kappa shape index (κ1) is 23.7. The van der Waals surface area contributed by atoms with Crippen LogP contribution in [-0.4, -0.2) is 24.0 Å². The van der Waals surface area contributed by atoms with Crippen LogP contribution in [0.5, 0.6) is 0 Å². The first-order valence-corrected chi connectivity index (χ1v) is 12.4. The number of hydrogen-bond donors (Lipinski definition) is 1. The average Bonchev–Trinajstić information content (AvgIpc) is 3.31. The van der Waals surface area contributed by atoms with Crippen LogP contribution in [0.3, 0.4) is 0 Å². The van der Waals surface area contributed by atoms with Crippen molar-refractivity contribution < 1.29 is 14.3 Å². The van der Waals surface area contributed by atoms with Crippen molar-refractivity contribution in [1.82, 2.24) is 4.98 Å². The van der Waals surface area contributed by atoms with E-state index in [0.29, 0.717) is 43.3 Å². The van der Waals surface area contributed by atoms with Gasteiger partial charge in [-0.25, -0.2) is 9.78 Å². The molecule has 0 saturated carbocycles. The Balaban J connectivity index is 1.57. The van der Waals surface area contributed by atoms with Crippen molar-refractivity contribution in [2.75, 3.05) is 12.4 Å². The number of rotatable bonds is 5. The number of para-hydroxylation sites is 1. The largest absolute Gasteiger partial charge is 0.465 e. The number of ether oxygens (including phenoxy) is 1. The summed E-state index contributed by atoms with van der Waals surface area (Å²) >= 11 is 7.34. The Hall–Kier alpha value is -4.00. The predicted molar refractivity (Wildman–Crippen MR) is 146 cm³/mol. The zero-order valence-electron chi connectivity index (χ0n) is 19.5. The molecule has 178 valence electrons. The van der Waals surface area contributed by atoms with Crippen molar-refractivity contribution in [1.29, 1.82) is 0 Å². The molecule has 2 aromatic heterocycles. The van der Waals surface area contributed by atoms with Crippen molar-refractivity contribution >= 4 is 50.7 Å². The highest BCUT2D eigenvalue weighted by Gasteiger charge is 2.24. The van der Waals surface area contributed by atoms with E-state index in [1.807, 2.05) is 73.0 Å². The van der Waals surface area contributed by atoms with Crippen LogP contribution in [0.25, 0.3) is 33.3 Å². The number of amides is 1. The maximum Gasteiger partial charge on any atom is 0.341 e. The van der Waals surface area contributed by atoms with E-state index in [2.05, 4.69) is 5.32 Å². The van der Waals surface area contributed by atoms with Gasteiger partial charge in [0.05, 0.1) is 23.9 Å². The quantitative estimate of drug-likeness (QED) is 0.246. The number of benzene rings is 3. The number of esters is 1. The van der Waals surface area contributed by atoms with E-state index in [9.17, 15) is 9.59 Å². The number of halogens is 1. The standard InChI is InChI=1S/C29H21ClN2O3S/c1-17-7-9-18(10-8-17)23-16-36-28(26(23)29(34)35-2)32-27(33)22-15-25(19-11-13-20(30)14-12-19)31-24-6-4-3-5-21(22)24/h3-16H,1-2H3,(H,32,33). The van der Waals surface area contributed by atoms with Crippen LogP contribution in [0.1, 0.15) is 26.3 Å². The smallest absolute Gasteiger partial charge is 0.341 e. The summed E-state index contributed by atoms with van der Waals surface area (Å²) in [6.45, 7) is 2.00. The second kappa shape index (κ2) is 9.93. The highest BCUT2D eigenvalue weighted by molar-refractivity contribution is 7.15. The molecule has 0 saturated heterocycles. The molecule has 2 heterocycles. The molecule has 1 amide bonds. The number of thiophene rings is 1. The second-order valence-electron chi connectivity index (χ2n) is 8.24. The SMILES string of the molecule is COC(=O)c1c(-c2ccc(C)cc2)csc1NC(=O)c1cc(-c2ccc(Cl)cc2)nc2ccccc12. The summed E-state index contributed by atoms with van der Waals surface area (Å²) < 4.78 is 5.06. The van der Waals surface area contributed by atoms with E-state index < -0.39 is 5.97 Å². The van der Waals surface area contributed by atoms with Gasteiger partial charge in [-0.3, -0.25) is 4.79 Å². The number of hydrogen-bond acceptors (Lipinski definition) is 5. The van der Waals surface area contributed by atoms with Crippen molar-refractivity contribution in [2.24, 2.45) is 0 Å². The van der Waals surface area contributed by atoms with Crippen LogP contribution in [0.15, 0.2) is 84.2 Å². The predicted octanol–water partition coefficient (Wildman–Crippen LogP) is 7.63. The van der Waals surface area contributed by atoms with Gasteiger partial charge in [-0.1, -0.05) is 71.8 Å². The zero-order chi connectivity index (χ0) is 25.2. The number of nitrogens with zero attached hydrogens (tertiary/aromatic N) is 1. The van der Waals surface area contributed by atoms with Crippen LogP contribution < -0.4 is 5.32 Å². The van der Waals surface area contributed by atoms with Gasteiger partial charge in [-0.05, 0) is 36.8 Å². The molecule has 0 aliphatic rings.